The molecule has 0 amide bonds. The molecule has 0 saturated carbocycles. The van der Waals surface area contributed by atoms with Crippen molar-refractivity contribution in [3.05, 3.63) is 132 Å². The Morgan fingerprint density at radius 1 is 0.450 bits per heavy atom. The minimum Gasteiger partial charge on any atom is -0.203 e. The maximum Gasteiger partial charge on any atom is 0.214 e. The zero-order valence-corrected chi connectivity index (χ0v) is 22.8. The second kappa shape index (κ2) is 11.0. The van der Waals surface area contributed by atoms with Gasteiger partial charge in [0.25, 0.3) is 0 Å². The van der Waals surface area contributed by atoms with E-state index in [1.54, 1.807) is 24.8 Å². The number of hydrogen-bond acceptors (Lipinski definition) is 0. The SMILES string of the molecule is CC(C)c1ccccc1-[n+]1ccc(-c2c(F)c(F)c(-c3cc[n+](-c4ccccc4C(C)C)cc3)c(F)c2F)cc1. The number of benzene rings is 3. The lowest BCUT2D eigenvalue weighted by Crippen LogP contribution is -2.31. The summed E-state index contributed by atoms with van der Waals surface area (Å²) in [6, 6.07) is 21.4. The molecule has 2 heterocycles. The molecule has 2 aromatic heterocycles. The van der Waals surface area contributed by atoms with E-state index in [1.165, 1.54) is 24.3 Å². The molecule has 40 heavy (non-hydrogen) atoms. The van der Waals surface area contributed by atoms with Crippen LogP contribution in [0.5, 0.6) is 0 Å². The molecule has 202 valence electrons. The van der Waals surface area contributed by atoms with Gasteiger partial charge in [-0.1, -0.05) is 64.1 Å². The third-order valence-electron chi connectivity index (χ3n) is 7.17. The Balaban J connectivity index is 1.53. The van der Waals surface area contributed by atoms with Crippen molar-refractivity contribution in [1.29, 1.82) is 0 Å². The average molecular weight is 543 g/mol. The number of halogens is 4. The Kier molecular flexibility index (Phi) is 7.53. The lowest BCUT2D eigenvalue weighted by atomic mass is 9.97. The molecule has 3 aromatic carbocycles. The standard InChI is InChI=1S/C34H30F4N2/c1-21(2)25-9-5-7-11-27(25)39-17-13-23(14-18-39)29-31(35)33(37)30(34(38)32(29)36)24-15-19-40(20-16-24)28-12-8-6-10-26(28)22(3)4/h5-22H,1-4H3/q+2. The van der Waals surface area contributed by atoms with Crippen LogP contribution in [0.4, 0.5) is 17.6 Å². The number of pyridine rings is 2. The molecule has 2 nitrogen and oxygen atoms in total. The van der Waals surface area contributed by atoms with E-state index in [-0.39, 0.29) is 23.0 Å². The molecular weight excluding hydrogens is 512 g/mol. The maximum absolute atomic E-state index is 15.4. The molecule has 0 saturated heterocycles. The molecule has 0 fully saturated rings. The van der Waals surface area contributed by atoms with Crippen molar-refractivity contribution in [1.82, 2.24) is 0 Å². The van der Waals surface area contributed by atoms with Crippen LogP contribution in [-0.2, 0) is 0 Å². The van der Waals surface area contributed by atoms with E-state index < -0.39 is 34.4 Å². The zero-order chi connectivity index (χ0) is 28.6. The lowest BCUT2D eigenvalue weighted by molar-refractivity contribution is -0.596. The second-order valence-corrected chi connectivity index (χ2v) is 10.4. The molecule has 0 unspecified atom stereocenters. The highest BCUT2D eigenvalue weighted by Gasteiger charge is 2.28. The summed E-state index contributed by atoms with van der Waals surface area (Å²) in [6.45, 7) is 8.29. The molecule has 5 aromatic rings. The van der Waals surface area contributed by atoms with E-state index in [2.05, 4.69) is 27.7 Å². The van der Waals surface area contributed by atoms with Crippen LogP contribution in [0.1, 0.15) is 50.7 Å². The van der Waals surface area contributed by atoms with E-state index in [1.807, 2.05) is 57.7 Å². The van der Waals surface area contributed by atoms with Crippen LogP contribution in [0.25, 0.3) is 33.6 Å². The van der Waals surface area contributed by atoms with Crippen molar-refractivity contribution in [2.24, 2.45) is 0 Å². The van der Waals surface area contributed by atoms with Crippen LogP contribution in [-0.4, -0.2) is 0 Å². The second-order valence-electron chi connectivity index (χ2n) is 10.4. The first-order chi connectivity index (χ1) is 19.2. The highest BCUT2D eigenvalue weighted by atomic mass is 19.2. The van der Waals surface area contributed by atoms with Crippen molar-refractivity contribution >= 4 is 0 Å². The van der Waals surface area contributed by atoms with Gasteiger partial charge in [-0.3, -0.25) is 0 Å². The van der Waals surface area contributed by atoms with Gasteiger partial charge in [0.2, 0.25) is 11.4 Å². The van der Waals surface area contributed by atoms with Crippen molar-refractivity contribution in [3.63, 3.8) is 0 Å². The third kappa shape index (κ3) is 4.90. The van der Waals surface area contributed by atoms with Gasteiger partial charge in [-0.15, -0.1) is 0 Å². The summed E-state index contributed by atoms with van der Waals surface area (Å²) in [6.07, 6.45) is 6.52. The number of rotatable bonds is 6. The molecule has 0 aliphatic heterocycles. The molecule has 0 aliphatic carbocycles. The van der Waals surface area contributed by atoms with Crippen molar-refractivity contribution in [2.75, 3.05) is 0 Å². The van der Waals surface area contributed by atoms with Crippen LogP contribution >= 0.6 is 0 Å². The number of hydrogen-bond donors (Lipinski definition) is 0. The molecule has 0 aliphatic rings. The van der Waals surface area contributed by atoms with E-state index in [9.17, 15) is 0 Å². The molecule has 0 radical (unpaired) electrons. The summed E-state index contributed by atoms with van der Waals surface area (Å²) >= 11 is 0. The Morgan fingerprint density at radius 2 is 0.750 bits per heavy atom. The number of nitrogens with zero attached hydrogens (tertiary/aromatic N) is 2. The highest BCUT2D eigenvalue weighted by Crippen LogP contribution is 2.36. The fourth-order valence-corrected chi connectivity index (χ4v) is 5.07. The van der Waals surface area contributed by atoms with Crippen molar-refractivity contribution in [2.45, 2.75) is 39.5 Å². The summed E-state index contributed by atoms with van der Waals surface area (Å²) in [4.78, 5) is 0. The topological polar surface area (TPSA) is 7.76 Å². The van der Waals surface area contributed by atoms with Gasteiger partial charge in [0.15, 0.2) is 48.1 Å². The molecular formula is C34H30F4N2+2. The Morgan fingerprint density at radius 3 is 1.05 bits per heavy atom. The van der Waals surface area contributed by atoms with Crippen molar-refractivity contribution in [3.8, 4) is 33.6 Å². The maximum atomic E-state index is 15.4. The summed E-state index contributed by atoms with van der Waals surface area (Å²) in [5.74, 6) is -5.22. The van der Waals surface area contributed by atoms with Crippen LogP contribution < -0.4 is 9.13 Å². The molecule has 0 bridgehead atoms. The lowest BCUT2D eigenvalue weighted by Gasteiger charge is -2.13. The number of para-hydroxylation sites is 2. The molecule has 6 heteroatoms. The van der Waals surface area contributed by atoms with Gasteiger partial charge in [-0.05, 0) is 23.0 Å². The van der Waals surface area contributed by atoms with E-state index in [0.717, 1.165) is 22.5 Å². The summed E-state index contributed by atoms with van der Waals surface area (Å²) in [5, 5.41) is 0. The fraction of sp³-hybridized carbons (Fsp3) is 0.176. The minimum atomic E-state index is -1.43. The summed E-state index contributed by atoms with van der Waals surface area (Å²) in [7, 11) is 0. The predicted molar refractivity (Wildman–Crippen MR) is 148 cm³/mol. The van der Waals surface area contributed by atoms with Crippen LogP contribution in [0, 0.1) is 23.3 Å². The first kappa shape index (κ1) is 27.3. The molecule has 0 atom stereocenters. The van der Waals surface area contributed by atoms with E-state index in [4.69, 9.17) is 0 Å². The molecule has 5 rings (SSSR count). The van der Waals surface area contributed by atoms with Gasteiger partial charge in [0, 0.05) is 47.5 Å². The average Bonchev–Trinajstić information content (AvgIpc) is 2.97. The Bertz CT molecular complexity index is 1520. The van der Waals surface area contributed by atoms with Gasteiger partial charge >= 0.3 is 0 Å². The minimum absolute atomic E-state index is 0.0359. The highest BCUT2D eigenvalue weighted by molar-refractivity contribution is 5.72. The predicted octanol–water partition coefficient (Wildman–Crippen LogP) is 8.38. The quantitative estimate of drug-likeness (QED) is 0.116. The monoisotopic (exact) mass is 542 g/mol. The Hall–Kier alpha value is -4.32. The third-order valence-corrected chi connectivity index (χ3v) is 7.17. The van der Waals surface area contributed by atoms with Gasteiger partial charge in [0.1, 0.15) is 0 Å². The van der Waals surface area contributed by atoms with Gasteiger partial charge in [0.05, 0.1) is 11.1 Å². The molecule has 0 N–H and O–H groups in total. The smallest absolute Gasteiger partial charge is 0.203 e. The number of aromatic nitrogens is 2. The molecule has 0 spiro atoms. The van der Waals surface area contributed by atoms with Gasteiger partial charge in [-0.25, -0.2) is 17.6 Å². The van der Waals surface area contributed by atoms with Crippen LogP contribution in [0.2, 0.25) is 0 Å². The van der Waals surface area contributed by atoms with Crippen LogP contribution in [0.15, 0.2) is 97.6 Å². The largest absolute Gasteiger partial charge is 0.214 e. The van der Waals surface area contributed by atoms with Gasteiger partial charge in [-0.2, -0.15) is 9.13 Å². The fourth-order valence-electron chi connectivity index (χ4n) is 5.07. The van der Waals surface area contributed by atoms with Gasteiger partial charge < -0.3 is 0 Å². The Labute approximate surface area is 231 Å². The normalized spacial score (nSPS) is 11.4. The van der Waals surface area contributed by atoms with Crippen LogP contribution in [0.3, 0.4) is 0 Å². The van der Waals surface area contributed by atoms with E-state index >= 15 is 17.6 Å². The summed E-state index contributed by atoms with van der Waals surface area (Å²) in [5.41, 5.74) is 2.61. The zero-order valence-electron chi connectivity index (χ0n) is 22.8. The first-order valence-electron chi connectivity index (χ1n) is 13.3. The first-order valence-corrected chi connectivity index (χ1v) is 13.3. The summed E-state index contributed by atoms with van der Waals surface area (Å²) < 4.78 is 65.1. The van der Waals surface area contributed by atoms with Crippen molar-refractivity contribution < 1.29 is 26.7 Å². The van der Waals surface area contributed by atoms with E-state index in [0.29, 0.717) is 0 Å².